The lowest BCUT2D eigenvalue weighted by Gasteiger charge is -2.23. The van der Waals surface area contributed by atoms with Crippen molar-refractivity contribution in [3.8, 4) is 11.3 Å². The highest BCUT2D eigenvalue weighted by Crippen LogP contribution is 2.19. The fourth-order valence-corrected chi connectivity index (χ4v) is 4.22. The number of rotatable bonds is 11. The van der Waals surface area contributed by atoms with Gasteiger partial charge in [0.2, 0.25) is 4.80 Å². The van der Waals surface area contributed by atoms with Crippen LogP contribution in [0.1, 0.15) is 5.56 Å². The average molecular weight is 592 g/mol. The number of carbonyl (C=O) groups is 1. The van der Waals surface area contributed by atoms with E-state index in [-0.39, 0.29) is 6.54 Å². The summed E-state index contributed by atoms with van der Waals surface area (Å²) in [5.41, 5.74) is 4.70. The molecular formula is C24H26BrN5O6S. The van der Waals surface area contributed by atoms with E-state index in [9.17, 15) is 25.2 Å². The summed E-state index contributed by atoms with van der Waals surface area (Å²) in [6.45, 7) is -0.983. The van der Waals surface area contributed by atoms with Gasteiger partial charge in [-0.3, -0.25) is 4.79 Å². The van der Waals surface area contributed by atoms with E-state index in [4.69, 9.17) is 5.11 Å². The van der Waals surface area contributed by atoms with Crippen LogP contribution in [0.3, 0.4) is 0 Å². The highest BCUT2D eigenvalue weighted by Gasteiger charge is 2.29. The lowest BCUT2D eigenvalue weighted by molar-refractivity contribution is -0.121. The second-order valence-corrected chi connectivity index (χ2v) is 9.54. The number of aliphatic hydroxyl groups excluding tert-OH is 5. The molecule has 3 rings (SSSR count). The van der Waals surface area contributed by atoms with Crippen molar-refractivity contribution < 1.29 is 30.3 Å². The number of thiazole rings is 1. The zero-order valence-corrected chi connectivity index (χ0v) is 21.8. The van der Waals surface area contributed by atoms with Gasteiger partial charge in [0.1, 0.15) is 31.0 Å². The first kappa shape index (κ1) is 28.5. The van der Waals surface area contributed by atoms with Crippen LogP contribution in [-0.4, -0.2) is 79.5 Å². The van der Waals surface area contributed by atoms with Crippen molar-refractivity contribution in [1.29, 1.82) is 0 Å². The Bertz CT molecular complexity index is 1280. The number of aliphatic hydroxyl groups is 5. The quantitative estimate of drug-likeness (QED) is 0.139. The first-order chi connectivity index (χ1) is 17.8. The predicted octanol–water partition coefficient (Wildman–Crippen LogP) is 0.452. The van der Waals surface area contributed by atoms with Crippen molar-refractivity contribution in [1.82, 2.24) is 9.99 Å². The Balaban J connectivity index is 1.76. The molecule has 0 saturated heterocycles. The number of hydrogen-bond acceptors (Lipinski definition) is 10. The van der Waals surface area contributed by atoms with Gasteiger partial charge in [-0.2, -0.15) is 10.2 Å². The highest BCUT2D eigenvalue weighted by molar-refractivity contribution is 9.10. The molecule has 0 fully saturated rings. The standard InChI is InChI=1S/C24H26BrN5O6S/c25-17-8-6-15(7-9-17)10-26-29-24-30(18(14-37-24)16-4-2-1-3-5-16)12-21(34)28-27-11-19(32)22(35)23(36)20(33)13-31/h1-11,14,19-20,22-23,31-33,35-36H,12-13H2,(H,28,34)/b26-10+,27-11+,29-24+/t19-,20-,22-,23-/m1/s1. The molecule has 1 heterocycles. The third kappa shape index (κ3) is 8.23. The molecule has 1 aromatic heterocycles. The Morgan fingerprint density at radius 3 is 2.43 bits per heavy atom. The summed E-state index contributed by atoms with van der Waals surface area (Å²) in [5.74, 6) is -0.553. The van der Waals surface area contributed by atoms with E-state index in [1.807, 2.05) is 60.0 Å². The number of hydrogen-bond donors (Lipinski definition) is 6. The van der Waals surface area contributed by atoms with E-state index in [0.717, 1.165) is 27.5 Å². The number of amides is 1. The Hall–Kier alpha value is -3.04. The maximum atomic E-state index is 12.6. The Morgan fingerprint density at radius 2 is 1.76 bits per heavy atom. The molecule has 1 amide bonds. The Morgan fingerprint density at radius 1 is 1.05 bits per heavy atom. The Labute approximate surface area is 224 Å². The molecule has 196 valence electrons. The molecule has 11 nitrogen and oxygen atoms in total. The smallest absolute Gasteiger partial charge is 0.260 e. The van der Waals surface area contributed by atoms with Gasteiger partial charge in [0.25, 0.3) is 5.91 Å². The fraction of sp³-hybridized carbons (Fsp3) is 0.250. The zero-order valence-electron chi connectivity index (χ0n) is 19.4. The van der Waals surface area contributed by atoms with Gasteiger partial charge in [-0.05, 0) is 23.3 Å². The van der Waals surface area contributed by atoms with Crippen LogP contribution in [0, 0.1) is 0 Å². The van der Waals surface area contributed by atoms with Crippen molar-refractivity contribution in [2.24, 2.45) is 15.3 Å². The van der Waals surface area contributed by atoms with Crippen molar-refractivity contribution in [3.05, 3.63) is 74.8 Å². The molecule has 4 atom stereocenters. The van der Waals surface area contributed by atoms with E-state index in [2.05, 4.69) is 36.7 Å². The first-order valence-corrected chi connectivity index (χ1v) is 12.7. The summed E-state index contributed by atoms with van der Waals surface area (Å²) in [7, 11) is 0. The number of halogens is 1. The fourth-order valence-electron chi connectivity index (χ4n) is 3.09. The summed E-state index contributed by atoms with van der Waals surface area (Å²) in [6.07, 6.45) is -4.58. The number of nitrogens with zero attached hydrogens (tertiary/aromatic N) is 4. The molecule has 0 aliphatic rings. The normalized spacial score (nSPS) is 15.7. The molecule has 2 aromatic carbocycles. The molecule has 0 unspecified atom stereocenters. The van der Waals surface area contributed by atoms with Gasteiger partial charge in [-0.1, -0.05) is 58.4 Å². The minimum absolute atomic E-state index is 0.178. The van der Waals surface area contributed by atoms with Crippen LogP contribution in [0.15, 0.2) is 79.8 Å². The zero-order chi connectivity index (χ0) is 26.8. The van der Waals surface area contributed by atoms with E-state index in [1.165, 1.54) is 11.3 Å². The van der Waals surface area contributed by atoms with Gasteiger partial charge in [0.05, 0.1) is 24.7 Å². The monoisotopic (exact) mass is 591 g/mol. The van der Waals surface area contributed by atoms with E-state index in [1.54, 1.807) is 10.8 Å². The highest BCUT2D eigenvalue weighted by atomic mass is 79.9. The van der Waals surface area contributed by atoms with Gasteiger partial charge < -0.3 is 30.1 Å². The van der Waals surface area contributed by atoms with Crippen LogP contribution in [0.4, 0.5) is 0 Å². The molecular weight excluding hydrogens is 566 g/mol. The number of benzene rings is 2. The summed E-state index contributed by atoms with van der Waals surface area (Å²) in [6, 6.07) is 16.9. The predicted molar refractivity (Wildman–Crippen MR) is 143 cm³/mol. The number of nitrogens with one attached hydrogen (secondary N) is 1. The van der Waals surface area contributed by atoms with Crippen LogP contribution in [0.2, 0.25) is 0 Å². The van der Waals surface area contributed by atoms with E-state index >= 15 is 0 Å². The molecule has 0 aliphatic heterocycles. The van der Waals surface area contributed by atoms with Crippen molar-refractivity contribution in [3.63, 3.8) is 0 Å². The first-order valence-electron chi connectivity index (χ1n) is 11.0. The lowest BCUT2D eigenvalue weighted by Crippen LogP contribution is -2.46. The topological polar surface area (TPSA) is 172 Å². The summed E-state index contributed by atoms with van der Waals surface area (Å²) < 4.78 is 2.61. The molecule has 0 bridgehead atoms. The molecule has 0 saturated carbocycles. The second-order valence-electron chi connectivity index (χ2n) is 7.79. The number of aromatic nitrogens is 1. The molecule has 0 aliphatic carbocycles. The largest absolute Gasteiger partial charge is 0.394 e. The van der Waals surface area contributed by atoms with Gasteiger partial charge in [-0.25, -0.2) is 5.43 Å². The van der Waals surface area contributed by atoms with Crippen molar-refractivity contribution >= 4 is 45.6 Å². The Kier molecular flexibility index (Phi) is 10.8. The minimum Gasteiger partial charge on any atom is -0.394 e. The number of carbonyl (C=O) groups excluding carboxylic acids is 1. The molecule has 6 N–H and O–H groups in total. The van der Waals surface area contributed by atoms with Crippen molar-refractivity contribution in [2.45, 2.75) is 31.0 Å². The third-order valence-corrected chi connectivity index (χ3v) is 6.47. The SMILES string of the molecule is O=C(Cn1c(-c2ccccc2)cs/c1=N/N=C/c1ccc(Br)cc1)N/N=C/[C@@H](O)[C@@H](O)[C@H](O)[C@H](O)CO. The lowest BCUT2D eigenvalue weighted by atomic mass is 10.0. The second kappa shape index (κ2) is 14.0. The van der Waals surface area contributed by atoms with Crippen LogP contribution < -0.4 is 10.2 Å². The summed E-state index contributed by atoms with van der Waals surface area (Å²) >= 11 is 4.68. The maximum Gasteiger partial charge on any atom is 0.260 e. The molecule has 0 spiro atoms. The van der Waals surface area contributed by atoms with Crippen LogP contribution >= 0.6 is 27.3 Å². The van der Waals surface area contributed by atoms with Crippen LogP contribution in [-0.2, 0) is 11.3 Å². The van der Waals surface area contributed by atoms with Crippen molar-refractivity contribution in [2.75, 3.05) is 6.61 Å². The molecule has 13 heteroatoms. The maximum absolute atomic E-state index is 12.6. The summed E-state index contributed by atoms with van der Waals surface area (Å²) in [4.78, 5) is 13.1. The van der Waals surface area contributed by atoms with E-state index < -0.39 is 36.9 Å². The van der Waals surface area contributed by atoms with Gasteiger partial charge in [-0.15, -0.1) is 16.4 Å². The van der Waals surface area contributed by atoms with E-state index in [0.29, 0.717) is 4.80 Å². The van der Waals surface area contributed by atoms with Gasteiger partial charge in [0.15, 0.2) is 0 Å². The average Bonchev–Trinajstić information content (AvgIpc) is 3.30. The van der Waals surface area contributed by atoms with Crippen LogP contribution in [0.25, 0.3) is 11.3 Å². The third-order valence-electron chi connectivity index (χ3n) is 5.09. The van der Waals surface area contributed by atoms with Gasteiger partial charge in [0, 0.05) is 9.85 Å². The van der Waals surface area contributed by atoms with Gasteiger partial charge >= 0.3 is 0 Å². The minimum atomic E-state index is -1.83. The van der Waals surface area contributed by atoms with Crippen LogP contribution in [0.5, 0.6) is 0 Å². The number of hydrazone groups is 1. The molecule has 3 aromatic rings. The molecule has 0 radical (unpaired) electrons. The molecule has 37 heavy (non-hydrogen) atoms. The summed E-state index contributed by atoms with van der Waals surface area (Å²) in [5, 5.41) is 61.5.